The van der Waals surface area contributed by atoms with Gasteiger partial charge in [-0.25, -0.2) is 0 Å². The van der Waals surface area contributed by atoms with Crippen molar-refractivity contribution in [3.8, 4) is 0 Å². The molecular formula is C12H22O4. The van der Waals surface area contributed by atoms with Crippen LogP contribution < -0.4 is 0 Å². The second-order valence-electron chi connectivity index (χ2n) is 4.17. The predicted molar refractivity (Wildman–Crippen MR) is 61.1 cm³/mol. The summed E-state index contributed by atoms with van der Waals surface area (Å²) in [4.78, 5) is 22.7. The van der Waals surface area contributed by atoms with E-state index in [-0.39, 0.29) is 6.61 Å². The van der Waals surface area contributed by atoms with Crippen LogP contribution in [0.5, 0.6) is 0 Å². The van der Waals surface area contributed by atoms with Crippen LogP contribution in [0.4, 0.5) is 0 Å². The van der Waals surface area contributed by atoms with E-state index in [1.807, 2.05) is 0 Å². The highest BCUT2D eigenvalue weighted by Crippen LogP contribution is 2.27. The molecule has 0 aliphatic rings. The molecule has 0 amide bonds. The van der Waals surface area contributed by atoms with E-state index >= 15 is 0 Å². The zero-order valence-electron chi connectivity index (χ0n) is 10.4. The molecule has 0 aromatic rings. The first-order valence-corrected chi connectivity index (χ1v) is 5.89. The lowest BCUT2D eigenvalue weighted by molar-refractivity contribution is -0.167. The van der Waals surface area contributed by atoms with Crippen molar-refractivity contribution in [2.24, 2.45) is 5.41 Å². The number of ether oxygens (including phenoxy) is 1. The predicted octanol–water partition coefficient (Wildman–Crippen LogP) is 2.61. The Hall–Kier alpha value is -1.06. The molecule has 1 unspecified atom stereocenters. The van der Waals surface area contributed by atoms with Crippen molar-refractivity contribution in [3.63, 3.8) is 0 Å². The van der Waals surface area contributed by atoms with Gasteiger partial charge in [-0.05, 0) is 20.3 Å². The van der Waals surface area contributed by atoms with E-state index in [0.29, 0.717) is 6.42 Å². The number of rotatable bonds is 8. The molecule has 1 atom stereocenters. The largest absolute Gasteiger partial charge is 0.480 e. The second-order valence-corrected chi connectivity index (χ2v) is 4.17. The van der Waals surface area contributed by atoms with E-state index in [9.17, 15) is 9.59 Å². The summed E-state index contributed by atoms with van der Waals surface area (Å²) in [6.07, 6.45) is 4.21. The molecule has 0 spiro atoms. The minimum atomic E-state index is -1.39. The number of carbonyl (C=O) groups excluding carboxylic acids is 1. The maximum absolute atomic E-state index is 11.6. The maximum atomic E-state index is 11.6. The first-order valence-electron chi connectivity index (χ1n) is 5.89. The molecule has 0 saturated heterocycles. The standard InChI is InChI=1S/C12H22O4/c1-4-6-7-8-9-12(3,10(13)14)11(15)16-5-2/h4-9H2,1-3H3,(H,13,14). The Morgan fingerprint density at radius 3 is 2.25 bits per heavy atom. The summed E-state index contributed by atoms with van der Waals surface area (Å²) in [5.41, 5.74) is -1.39. The third-order valence-electron chi connectivity index (χ3n) is 2.73. The molecule has 94 valence electrons. The summed E-state index contributed by atoms with van der Waals surface area (Å²) in [6.45, 7) is 5.43. The summed E-state index contributed by atoms with van der Waals surface area (Å²) in [6, 6.07) is 0. The number of hydrogen-bond donors (Lipinski definition) is 1. The molecule has 0 saturated carbocycles. The fraction of sp³-hybridized carbons (Fsp3) is 0.833. The van der Waals surface area contributed by atoms with Crippen molar-refractivity contribution in [2.45, 2.75) is 52.9 Å². The lowest BCUT2D eigenvalue weighted by atomic mass is 9.84. The third kappa shape index (κ3) is 4.21. The minimum Gasteiger partial charge on any atom is -0.480 e. The Bertz CT molecular complexity index is 237. The molecule has 0 radical (unpaired) electrons. The van der Waals surface area contributed by atoms with Gasteiger partial charge in [-0.15, -0.1) is 0 Å². The SMILES string of the molecule is CCCCCCC(C)(C(=O)O)C(=O)OCC. The van der Waals surface area contributed by atoms with Crippen LogP contribution >= 0.6 is 0 Å². The summed E-state index contributed by atoms with van der Waals surface area (Å²) in [5.74, 6) is -1.72. The minimum absolute atomic E-state index is 0.219. The van der Waals surface area contributed by atoms with Gasteiger partial charge in [0.1, 0.15) is 0 Å². The van der Waals surface area contributed by atoms with E-state index in [1.165, 1.54) is 6.92 Å². The van der Waals surface area contributed by atoms with Gasteiger partial charge in [0, 0.05) is 0 Å². The maximum Gasteiger partial charge on any atom is 0.323 e. The molecule has 1 N–H and O–H groups in total. The summed E-state index contributed by atoms with van der Waals surface area (Å²) >= 11 is 0. The van der Waals surface area contributed by atoms with Crippen LogP contribution in [0.1, 0.15) is 52.9 Å². The fourth-order valence-electron chi connectivity index (χ4n) is 1.49. The van der Waals surface area contributed by atoms with Crippen molar-refractivity contribution >= 4 is 11.9 Å². The van der Waals surface area contributed by atoms with Crippen LogP contribution in [0.15, 0.2) is 0 Å². The Labute approximate surface area is 97.0 Å². The normalized spacial score (nSPS) is 14.2. The van der Waals surface area contributed by atoms with Gasteiger partial charge in [0.15, 0.2) is 5.41 Å². The molecular weight excluding hydrogens is 208 g/mol. The number of aliphatic carboxylic acids is 1. The molecule has 0 aromatic carbocycles. The molecule has 0 heterocycles. The second kappa shape index (κ2) is 7.25. The zero-order chi connectivity index (χ0) is 12.6. The average molecular weight is 230 g/mol. The highest BCUT2D eigenvalue weighted by Gasteiger charge is 2.42. The van der Waals surface area contributed by atoms with Crippen molar-refractivity contribution in [3.05, 3.63) is 0 Å². The Kier molecular flexibility index (Phi) is 6.77. The van der Waals surface area contributed by atoms with Crippen LogP contribution in [0.2, 0.25) is 0 Å². The van der Waals surface area contributed by atoms with Crippen LogP contribution in [-0.4, -0.2) is 23.7 Å². The van der Waals surface area contributed by atoms with Gasteiger partial charge in [0.05, 0.1) is 6.61 Å². The fourth-order valence-corrected chi connectivity index (χ4v) is 1.49. The lowest BCUT2D eigenvalue weighted by Gasteiger charge is -2.22. The number of carboxylic acids is 1. The van der Waals surface area contributed by atoms with Gasteiger partial charge in [-0.1, -0.05) is 32.6 Å². The van der Waals surface area contributed by atoms with Gasteiger partial charge in [0.2, 0.25) is 0 Å². The molecule has 0 fully saturated rings. The van der Waals surface area contributed by atoms with Crippen LogP contribution in [0.3, 0.4) is 0 Å². The monoisotopic (exact) mass is 230 g/mol. The van der Waals surface area contributed by atoms with Crippen LogP contribution in [-0.2, 0) is 14.3 Å². The van der Waals surface area contributed by atoms with Gasteiger partial charge in [0.25, 0.3) is 0 Å². The summed E-state index contributed by atoms with van der Waals surface area (Å²) < 4.78 is 4.81. The Balaban J connectivity index is 4.34. The Morgan fingerprint density at radius 1 is 1.19 bits per heavy atom. The first-order chi connectivity index (χ1) is 7.49. The number of carbonyl (C=O) groups is 2. The molecule has 4 nitrogen and oxygen atoms in total. The number of esters is 1. The molecule has 4 heteroatoms. The summed E-state index contributed by atoms with van der Waals surface area (Å²) in [7, 11) is 0. The van der Waals surface area contributed by atoms with Gasteiger partial charge < -0.3 is 9.84 Å². The van der Waals surface area contributed by atoms with Gasteiger partial charge >= 0.3 is 11.9 Å². The topological polar surface area (TPSA) is 63.6 Å². The van der Waals surface area contributed by atoms with E-state index < -0.39 is 17.4 Å². The number of unbranched alkanes of at least 4 members (excludes halogenated alkanes) is 3. The molecule has 0 aromatic heterocycles. The average Bonchev–Trinajstić information content (AvgIpc) is 2.24. The van der Waals surface area contributed by atoms with Crippen LogP contribution in [0, 0.1) is 5.41 Å². The van der Waals surface area contributed by atoms with Gasteiger partial charge in [-0.3, -0.25) is 9.59 Å². The molecule has 16 heavy (non-hydrogen) atoms. The Morgan fingerprint density at radius 2 is 1.81 bits per heavy atom. The first kappa shape index (κ1) is 14.9. The molecule has 0 bridgehead atoms. The van der Waals surface area contributed by atoms with E-state index in [0.717, 1.165) is 25.7 Å². The van der Waals surface area contributed by atoms with Crippen LogP contribution in [0.25, 0.3) is 0 Å². The highest BCUT2D eigenvalue weighted by atomic mass is 16.5. The molecule has 0 aliphatic carbocycles. The quantitative estimate of drug-likeness (QED) is 0.395. The smallest absolute Gasteiger partial charge is 0.323 e. The number of hydrogen-bond acceptors (Lipinski definition) is 3. The van der Waals surface area contributed by atoms with E-state index in [2.05, 4.69) is 6.92 Å². The molecule has 0 rings (SSSR count). The zero-order valence-corrected chi connectivity index (χ0v) is 10.4. The van der Waals surface area contributed by atoms with Gasteiger partial charge in [-0.2, -0.15) is 0 Å². The van der Waals surface area contributed by atoms with E-state index in [1.54, 1.807) is 6.92 Å². The highest BCUT2D eigenvalue weighted by molar-refractivity contribution is 5.98. The third-order valence-corrected chi connectivity index (χ3v) is 2.73. The van der Waals surface area contributed by atoms with Crippen molar-refractivity contribution < 1.29 is 19.4 Å². The van der Waals surface area contributed by atoms with E-state index in [4.69, 9.17) is 9.84 Å². The molecule has 0 aliphatic heterocycles. The lowest BCUT2D eigenvalue weighted by Crippen LogP contribution is -2.38. The number of carboxylic acid groups (broad SMARTS) is 1. The van der Waals surface area contributed by atoms with Crippen molar-refractivity contribution in [2.75, 3.05) is 6.61 Å². The van der Waals surface area contributed by atoms with Crippen molar-refractivity contribution in [1.29, 1.82) is 0 Å². The summed E-state index contributed by atoms with van der Waals surface area (Å²) in [5, 5.41) is 9.09. The van der Waals surface area contributed by atoms with Crippen molar-refractivity contribution in [1.82, 2.24) is 0 Å².